The lowest BCUT2D eigenvalue weighted by Crippen LogP contribution is -2.25. The van der Waals surface area contributed by atoms with E-state index in [1.54, 1.807) is 18.2 Å². The van der Waals surface area contributed by atoms with Gasteiger partial charge in [0.25, 0.3) is 11.5 Å². The van der Waals surface area contributed by atoms with Gasteiger partial charge in [0.05, 0.1) is 5.69 Å². The Morgan fingerprint density at radius 1 is 1.27 bits per heavy atom. The number of amides is 1. The minimum absolute atomic E-state index is 0.0901. The van der Waals surface area contributed by atoms with Gasteiger partial charge in [-0.3, -0.25) is 14.7 Å². The maximum atomic E-state index is 12.5. The van der Waals surface area contributed by atoms with Crippen LogP contribution in [0.3, 0.4) is 0 Å². The van der Waals surface area contributed by atoms with Gasteiger partial charge in [0.1, 0.15) is 22.4 Å². The average molecular weight is 352 g/mol. The van der Waals surface area contributed by atoms with Crippen LogP contribution in [0.4, 0.5) is 5.82 Å². The third kappa shape index (κ3) is 2.48. The van der Waals surface area contributed by atoms with Gasteiger partial charge in [0.2, 0.25) is 0 Å². The number of nitrogens with zero attached hydrogens (tertiary/aromatic N) is 4. The zero-order valence-corrected chi connectivity index (χ0v) is 13.9. The molecule has 0 atom stereocenters. The second-order valence-electron chi connectivity index (χ2n) is 5.82. The van der Waals surface area contributed by atoms with Gasteiger partial charge in [0, 0.05) is 18.2 Å². The number of aromatic nitrogens is 6. The van der Waals surface area contributed by atoms with Crippen LogP contribution in [0, 0.1) is 0 Å². The molecule has 0 fully saturated rings. The Morgan fingerprint density at radius 2 is 2.08 bits per heavy atom. The SMILES string of the molecule is CCCNC(=O)c1c(N)[nH]n2c(=O)cc(-c3ccc4n[nH]nc4c3)nc12. The number of fused-ring (bicyclic) bond motifs is 2. The predicted molar refractivity (Wildman–Crippen MR) is 95.7 cm³/mol. The van der Waals surface area contributed by atoms with Crippen LogP contribution in [-0.2, 0) is 0 Å². The Hall–Kier alpha value is -3.69. The monoisotopic (exact) mass is 352 g/mol. The number of aromatic amines is 2. The van der Waals surface area contributed by atoms with Crippen molar-refractivity contribution in [1.29, 1.82) is 0 Å². The standard InChI is InChI=1S/C16H16N8O2/c1-2-5-18-16(26)13-14(17)22-24-12(25)7-10(19-15(13)24)8-3-4-9-11(6-8)21-23-20-9/h3-4,6-7,22H,2,5,17H2,1H3,(H,18,26)(H,20,21,23). The Balaban J connectivity index is 1.89. The summed E-state index contributed by atoms with van der Waals surface area (Å²) in [7, 11) is 0. The van der Waals surface area contributed by atoms with Gasteiger partial charge < -0.3 is 11.1 Å². The lowest BCUT2D eigenvalue weighted by Gasteiger charge is -2.04. The molecule has 0 spiro atoms. The lowest BCUT2D eigenvalue weighted by atomic mass is 10.1. The molecule has 5 N–H and O–H groups in total. The summed E-state index contributed by atoms with van der Waals surface area (Å²) in [6, 6.07) is 6.70. The van der Waals surface area contributed by atoms with E-state index in [-0.39, 0.29) is 28.5 Å². The van der Waals surface area contributed by atoms with E-state index in [2.05, 4.69) is 30.8 Å². The molecule has 4 rings (SSSR count). The highest BCUT2D eigenvalue weighted by Gasteiger charge is 2.20. The number of nitrogens with two attached hydrogens (primary N) is 1. The summed E-state index contributed by atoms with van der Waals surface area (Å²) in [5, 5.41) is 16.0. The molecule has 4 aromatic rings. The number of rotatable bonds is 4. The van der Waals surface area contributed by atoms with Gasteiger partial charge in [-0.25, -0.2) is 4.98 Å². The first kappa shape index (κ1) is 15.8. The van der Waals surface area contributed by atoms with Crippen LogP contribution >= 0.6 is 0 Å². The molecule has 10 nitrogen and oxygen atoms in total. The fourth-order valence-corrected chi connectivity index (χ4v) is 2.75. The molecule has 26 heavy (non-hydrogen) atoms. The number of benzene rings is 1. The summed E-state index contributed by atoms with van der Waals surface area (Å²) >= 11 is 0. The Bertz CT molecular complexity index is 1190. The molecule has 0 unspecified atom stereocenters. The third-order valence-corrected chi connectivity index (χ3v) is 4.02. The van der Waals surface area contributed by atoms with Gasteiger partial charge in [-0.2, -0.15) is 19.9 Å². The molecule has 0 radical (unpaired) electrons. The number of H-pyrrole nitrogens is 2. The summed E-state index contributed by atoms with van der Waals surface area (Å²) < 4.78 is 1.16. The molecule has 0 aliphatic carbocycles. The van der Waals surface area contributed by atoms with Gasteiger partial charge in [-0.05, 0) is 18.6 Å². The summed E-state index contributed by atoms with van der Waals surface area (Å²) in [4.78, 5) is 29.3. The first-order chi connectivity index (χ1) is 12.6. The smallest absolute Gasteiger partial charge is 0.273 e. The van der Waals surface area contributed by atoms with Crippen LogP contribution in [0.5, 0.6) is 0 Å². The fourth-order valence-electron chi connectivity index (χ4n) is 2.75. The number of hydrogen-bond acceptors (Lipinski definition) is 6. The Morgan fingerprint density at radius 3 is 2.88 bits per heavy atom. The molecular formula is C16H16N8O2. The molecule has 10 heteroatoms. The summed E-state index contributed by atoms with van der Waals surface area (Å²) in [5.74, 6) is -0.286. The molecule has 0 aliphatic heterocycles. The van der Waals surface area contributed by atoms with Crippen molar-refractivity contribution in [3.05, 3.63) is 40.2 Å². The third-order valence-electron chi connectivity index (χ3n) is 4.02. The number of carbonyl (C=O) groups is 1. The highest BCUT2D eigenvalue weighted by atomic mass is 16.2. The van der Waals surface area contributed by atoms with Crippen molar-refractivity contribution in [1.82, 2.24) is 35.3 Å². The molecule has 3 heterocycles. The van der Waals surface area contributed by atoms with Gasteiger partial charge >= 0.3 is 0 Å². The van der Waals surface area contributed by atoms with Crippen LogP contribution in [0.25, 0.3) is 27.9 Å². The Kier molecular flexibility index (Phi) is 3.64. The number of carbonyl (C=O) groups excluding carboxylic acids is 1. The zero-order valence-electron chi connectivity index (χ0n) is 13.9. The maximum Gasteiger partial charge on any atom is 0.273 e. The second-order valence-corrected chi connectivity index (χ2v) is 5.82. The number of nitrogen functional groups attached to an aromatic ring is 1. The summed E-state index contributed by atoms with van der Waals surface area (Å²) in [5.41, 5.74) is 8.33. The lowest BCUT2D eigenvalue weighted by molar-refractivity contribution is 0.0956. The molecule has 0 aliphatic rings. The molecule has 132 valence electrons. The van der Waals surface area contributed by atoms with Gasteiger partial charge in [-0.15, -0.1) is 0 Å². The number of hydrogen-bond donors (Lipinski definition) is 4. The first-order valence-corrected chi connectivity index (χ1v) is 8.09. The Labute approximate surface area is 146 Å². The number of anilines is 1. The van der Waals surface area contributed by atoms with Crippen molar-refractivity contribution in [2.24, 2.45) is 0 Å². The maximum absolute atomic E-state index is 12.5. The van der Waals surface area contributed by atoms with E-state index in [1.807, 2.05) is 6.92 Å². The first-order valence-electron chi connectivity index (χ1n) is 8.09. The van der Waals surface area contributed by atoms with Gasteiger partial charge in [-0.1, -0.05) is 13.0 Å². The summed E-state index contributed by atoms with van der Waals surface area (Å²) in [6.07, 6.45) is 0.782. The average Bonchev–Trinajstić information content (AvgIpc) is 3.22. The topological polar surface area (TPSA) is 147 Å². The van der Waals surface area contributed by atoms with Crippen molar-refractivity contribution >= 4 is 28.4 Å². The zero-order chi connectivity index (χ0) is 18.3. The summed E-state index contributed by atoms with van der Waals surface area (Å²) in [6.45, 7) is 2.45. The quantitative estimate of drug-likeness (QED) is 0.425. The van der Waals surface area contributed by atoms with Crippen molar-refractivity contribution in [3.8, 4) is 11.3 Å². The van der Waals surface area contributed by atoms with Crippen LogP contribution in [0.2, 0.25) is 0 Å². The molecule has 1 amide bonds. The fraction of sp³-hybridized carbons (Fsp3) is 0.188. The second kappa shape index (κ2) is 5.99. The van der Waals surface area contributed by atoms with Crippen LogP contribution in [-0.4, -0.2) is 42.5 Å². The van der Waals surface area contributed by atoms with Crippen LogP contribution in [0.15, 0.2) is 29.1 Å². The molecule has 0 saturated carbocycles. The van der Waals surface area contributed by atoms with E-state index >= 15 is 0 Å². The normalized spacial score (nSPS) is 11.3. The highest BCUT2D eigenvalue weighted by molar-refractivity contribution is 6.04. The molecule has 0 saturated heterocycles. The molecular weight excluding hydrogens is 336 g/mol. The van der Waals surface area contributed by atoms with Crippen LogP contribution in [0.1, 0.15) is 23.7 Å². The molecule has 3 aromatic heterocycles. The van der Waals surface area contributed by atoms with E-state index < -0.39 is 0 Å². The van der Waals surface area contributed by atoms with E-state index in [9.17, 15) is 9.59 Å². The highest BCUT2D eigenvalue weighted by Crippen LogP contribution is 2.22. The minimum Gasteiger partial charge on any atom is -0.383 e. The van der Waals surface area contributed by atoms with Crippen molar-refractivity contribution in [2.75, 3.05) is 12.3 Å². The number of nitrogens with one attached hydrogen (secondary N) is 3. The largest absolute Gasteiger partial charge is 0.383 e. The molecule has 1 aromatic carbocycles. The minimum atomic E-state index is -0.376. The van der Waals surface area contributed by atoms with E-state index in [1.165, 1.54) is 6.07 Å². The molecule has 0 bridgehead atoms. The van der Waals surface area contributed by atoms with Crippen LogP contribution < -0.4 is 16.6 Å². The predicted octanol–water partition coefficient (Wildman–Crippen LogP) is 0.683. The van der Waals surface area contributed by atoms with E-state index in [0.29, 0.717) is 28.8 Å². The van der Waals surface area contributed by atoms with Crippen molar-refractivity contribution in [3.63, 3.8) is 0 Å². The van der Waals surface area contributed by atoms with Crippen molar-refractivity contribution < 1.29 is 4.79 Å². The van der Waals surface area contributed by atoms with E-state index in [4.69, 9.17) is 5.73 Å². The van der Waals surface area contributed by atoms with Crippen molar-refractivity contribution in [2.45, 2.75) is 13.3 Å². The van der Waals surface area contributed by atoms with Gasteiger partial charge in [0.15, 0.2) is 5.65 Å². The van der Waals surface area contributed by atoms with E-state index in [0.717, 1.165) is 10.9 Å².